The average molecular weight is 600 g/mol. The van der Waals surface area contributed by atoms with Gasteiger partial charge in [0.05, 0.1) is 4.47 Å². The topological polar surface area (TPSA) is 58.6 Å². The molecule has 0 unspecified atom stereocenters. The number of nitrogens with zero attached hydrogens (tertiary/aromatic N) is 1. The molecular weight excluding hydrogens is 564 g/mol. The van der Waals surface area contributed by atoms with E-state index in [1.165, 1.54) is 5.56 Å². The van der Waals surface area contributed by atoms with Gasteiger partial charge in [-0.25, -0.2) is 0 Å². The van der Waals surface area contributed by atoms with E-state index in [-0.39, 0.29) is 31.0 Å². The van der Waals surface area contributed by atoms with Crippen molar-refractivity contribution in [2.75, 3.05) is 6.61 Å². The SMILES string of the molecule is CC[C@H](C)NC(=O)[C@H](Cc1ccccc1)N(Cc1ccc(Cl)cc1)C(=O)COc1ccc(C(C)C)cc1Br. The molecule has 0 aromatic heterocycles. The highest BCUT2D eigenvalue weighted by molar-refractivity contribution is 9.10. The fraction of sp³-hybridized carbons (Fsp3) is 0.355. The number of carbonyl (C=O) groups is 2. The van der Waals surface area contributed by atoms with Crippen LogP contribution >= 0.6 is 27.5 Å². The molecule has 38 heavy (non-hydrogen) atoms. The van der Waals surface area contributed by atoms with E-state index >= 15 is 0 Å². The largest absolute Gasteiger partial charge is 0.483 e. The van der Waals surface area contributed by atoms with Gasteiger partial charge in [-0.1, -0.05) is 80.9 Å². The Morgan fingerprint density at radius 3 is 2.26 bits per heavy atom. The highest BCUT2D eigenvalue weighted by Crippen LogP contribution is 2.29. The summed E-state index contributed by atoms with van der Waals surface area (Å²) in [6.45, 7) is 8.28. The zero-order valence-electron chi connectivity index (χ0n) is 22.4. The fourth-order valence-corrected chi connectivity index (χ4v) is 4.63. The summed E-state index contributed by atoms with van der Waals surface area (Å²) in [5, 5.41) is 3.69. The standard InChI is InChI=1S/C31H36BrClN2O3/c1-5-22(4)34-31(37)28(17-23-9-7-6-8-10-23)35(19-24-11-14-26(33)15-12-24)30(36)20-38-29-16-13-25(21(2)3)18-27(29)32/h6-16,18,21-22,28H,5,17,19-20H2,1-4H3,(H,34,37)/t22-,28-/m0/s1. The molecule has 0 saturated heterocycles. The van der Waals surface area contributed by atoms with Crippen LogP contribution in [0.1, 0.15) is 56.7 Å². The summed E-state index contributed by atoms with van der Waals surface area (Å²) in [5.74, 6) is 0.491. The summed E-state index contributed by atoms with van der Waals surface area (Å²) >= 11 is 9.67. The van der Waals surface area contributed by atoms with E-state index < -0.39 is 6.04 Å². The molecule has 1 N–H and O–H groups in total. The van der Waals surface area contributed by atoms with Crippen molar-refractivity contribution in [3.8, 4) is 5.75 Å². The molecule has 5 nitrogen and oxygen atoms in total. The molecule has 0 aliphatic heterocycles. The third-order valence-corrected chi connectivity index (χ3v) is 7.38. The molecule has 0 bridgehead atoms. The quantitative estimate of drug-likeness (QED) is 0.240. The molecule has 2 amide bonds. The van der Waals surface area contributed by atoms with E-state index in [1.807, 2.05) is 74.5 Å². The van der Waals surface area contributed by atoms with Crippen molar-refractivity contribution in [2.24, 2.45) is 0 Å². The Balaban J connectivity index is 1.91. The van der Waals surface area contributed by atoms with Crippen LogP contribution in [0.15, 0.2) is 77.3 Å². The summed E-state index contributed by atoms with van der Waals surface area (Å²) in [6, 6.07) is 22.2. The first-order chi connectivity index (χ1) is 18.2. The number of nitrogens with one attached hydrogen (secondary N) is 1. The van der Waals surface area contributed by atoms with Crippen LogP contribution in [-0.2, 0) is 22.6 Å². The summed E-state index contributed by atoms with van der Waals surface area (Å²) in [4.78, 5) is 28.9. The molecule has 2 atom stereocenters. The van der Waals surface area contributed by atoms with E-state index in [1.54, 1.807) is 17.0 Å². The summed E-state index contributed by atoms with van der Waals surface area (Å²) in [6.07, 6.45) is 1.17. The first kappa shape index (κ1) is 29.7. The van der Waals surface area contributed by atoms with Crippen molar-refractivity contribution in [3.63, 3.8) is 0 Å². The number of benzene rings is 3. The number of halogens is 2. The maximum atomic E-state index is 13.7. The van der Waals surface area contributed by atoms with Crippen LogP contribution in [0, 0.1) is 0 Å². The molecule has 3 aromatic carbocycles. The Hall–Kier alpha value is -2.83. The summed E-state index contributed by atoms with van der Waals surface area (Å²) in [7, 11) is 0. The predicted octanol–water partition coefficient (Wildman–Crippen LogP) is 7.16. The minimum absolute atomic E-state index is 0.0139. The molecule has 0 fully saturated rings. The Labute approximate surface area is 239 Å². The second kappa shape index (κ2) is 14.4. The van der Waals surface area contributed by atoms with E-state index in [2.05, 4.69) is 35.1 Å². The molecule has 0 aliphatic carbocycles. The normalized spacial score (nSPS) is 12.6. The smallest absolute Gasteiger partial charge is 0.261 e. The van der Waals surface area contributed by atoms with Gasteiger partial charge in [0, 0.05) is 24.0 Å². The highest BCUT2D eigenvalue weighted by Gasteiger charge is 2.31. The van der Waals surface area contributed by atoms with Crippen LogP contribution in [0.25, 0.3) is 0 Å². The number of amides is 2. The second-order valence-electron chi connectivity index (χ2n) is 9.80. The number of rotatable bonds is 12. The van der Waals surface area contributed by atoms with E-state index in [4.69, 9.17) is 16.3 Å². The molecule has 3 rings (SSSR count). The lowest BCUT2D eigenvalue weighted by atomic mass is 10.0. The van der Waals surface area contributed by atoms with Crippen LogP contribution in [-0.4, -0.2) is 35.4 Å². The van der Waals surface area contributed by atoms with Crippen molar-refractivity contribution < 1.29 is 14.3 Å². The number of hydrogen-bond acceptors (Lipinski definition) is 3. The van der Waals surface area contributed by atoms with E-state index in [9.17, 15) is 9.59 Å². The molecule has 3 aromatic rings. The van der Waals surface area contributed by atoms with Crippen molar-refractivity contribution in [2.45, 2.75) is 65.1 Å². The maximum Gasteiger partial charge on any atom is 0.261 e. The Morgan fingerprint density at radius 2 is 1.66 bits per heavy atom. The minimum Gasteiger partial charge on any atom is -0.483 e. The third kappa shape index (κ3) is 8.60. The molecule has 202 valence electrons. The lowest BCUT2D eigenvalue weighted by Gasteiger charge is -2.32. The molecule has 0 saturated carbocycles. The van der Waals surface area contributed by atoms with Crippen molar-refractivity contribution in [1.82, 2.24) is 10.2 Å². The van der Waals surface area contributed by atoms with Crippen LogP contribution in [0.5, 0.6) is 5.75 Å². The average Bonchev–Trinajstić information content (AvgIpc) is 2.91. The second-order valence-corrected chi connectivity index (χ2v) is 11.1. The molecule has 7 heteroatoms. The van der Waals surface area contributed by atoms with E-state index in [0.717, 1.165) is 22.0 Å². The summed E-state index contributed by atoms with van der Waals surface area (Å²) < 4.78 is 6.75. The van der Waals surface area contributed by atoms with Gasteiger partial charge in [-0.2, -0.15) is 0 Å². The van der Waals surface area contributed by atoms with Crippen LogP contribution in [0.4, 0.5) is 0 Å². The Morgan fingerprint density at radius 1 is 0.974 bits per heavy atom. The maximum absolute atomic E-state index is 13.7. The van der Waals surface area contributed by atoms with Crippen LogP contribution in [0.2, 0.25) is 5.02 Å². The van der Waals surface area contributed by atoms with Gasteiger partial charge >= 0.3 is 0 Å². The van der Waals surface area contributed by atoms with Gasteiger partial charge in [0.2, 0.25) is 5.91 Å². The zero-order valence-corrected chi connectivity index (χ0v) is 24.8. The zero-order chi connectivity index (χ0) is 27.7. The molecule has 0 radical (unpaired) electrons. The van der Waals surface area contributed by atoms with Gasteiger partial charge < -0.3 is 15.0 Å². The molecule has 0 spiro atoms. The minimum atomic E-state index is -0.718. The predicted molar refractivity (Wildman–Crippen MR) is 158 cm³/mol. The molecular formula is C31H36BrClN2O3. The lowest BCUT2D eigenvalue weighted by molar-refractivity contribution is -0.143. The Kier molecular flexibility index (Phi) is 11.2. The number of carbonyl (C=O) groups excluding carboxylic acids is 2. The molecule has 0 heterocycles. The highest BCUT2D eigenvalue weighted by atomic mass is 79.9. The number of hydrogen-bond donors (Lipinski definition) is 1. The monoisotopic (exact) mass is 598 g/mol. The third-order valence-electron chi connectivity index (χ3n) is 6.51. The number of ether oxygens (including phenoxy) is 1. The van der Waals surface area contributed by atoms with Gasteiger partial charge in [-0.3, -0.25) is 9.59 Å². The first-order valence-electron chi connectivity index (χ1n) is 13.0. The van der Waals surface area contributed by atoms with Gasteiger partial charge in [0.1, 0.15) is 11.8 Å². The van der Waals surface area contributed by atoms with Gasteiger partial charge in [-0.05, 0) is 76.1 Å². The van der Waals surface area contributed by atoms with E-state index in [0.29, 0.717) is 23.1 Å². The van der Waals surface area contributed by atoms with Crippen molar-refractivity contribution >= 4 is 39.3 Å². The lowest BCUT2D eigenvalue weighted by Crippen LogP contribution is -2.53. The van der Waals surface area contributed by atoms with Crippen molar-refractivity contribution in [1.29, 1.82) is 0 Å². The summed E-state index contributed by atoms with van der Waals surface area (Å²) in [5.41, 5.74) is 3.02. The van der Waals surface area contributed by atoms with Crippen molar-refractivity contribution in [3.05, 3.63) is 99.0 Å². The van der Waals surface area contributed by atoms with Gasteiger partial charge in [0.15, 0.2) is 6.61 Å². The first-order valence-corrected chi connectivity index (χ1v) is 14.2. The van der Waals surface area contributed by atoms with Crippen LogP contribution in [0.3, 0.4) is 0 Å². The fourth-order valence-electron chi connectivity index (χ4n) is 4.00. The molecule has 0 aliphatic rings. The Bertz CT molecular complexity index is 1200. The van der Waals surface area contributed by atoms with Crippen LogP contribution < -0.4 is 10.1 Å². The van der Waals surface area contributed by atoms with Gasteiger partial charge in [-0.15, -0.1) is 0 Å². The van der Waals surface area contributed by atoms with Gasteiger partial charge in [0.25, 0.3) is 5.91 Å².